The molecule has 17 heavy (non-hydrogen) atoms. The minimum Gasteiger partial charge on any atom is -0.506 e. The van der Waals surface area contributed by atoms with Crippen LogP contribution < -0.4 is 5.32 Å². The summed E-state index contributed by atoms with van der Waals surface area (Å²) in [6.07, 6.45) is 2.51. The molecule has 0 aliphatic carbocycles. The summed E-state index contributed by atoms with van der Waals surface area (Å²) in [5.74, 6) is 0.195. The van der Waals surface area contributed by atoms with Gasteiger partial charge in [-0.15, -0.1) is 0 Å². The summed E-state index contributed by atoms with van der Waals surface area (Å²) in [5.41, 5.74) is 3.32. The van der Waals surface area contributed by atoms with Gasteiger partial charge in [-0.25, -0.2) is 0 Å². The van der Waals surface area contributed by atoms with Crippen molar-refractivity contribution in [1.29, 1.82) is 0 Å². The normalized spacial score (nSPS) is 10.2. The van der Waals surface area contributed by atoms with Crippen molar-refractivity contribution in [2.45, 2.75) is 19.9 Å². The van der Waals surface area contributed by atoms with E-state index < -0.39 is 0 Å². The van der Waals surface area contributed by atoms with Crippen molar-refractivity contribution in [3.05, 3.63) is 53.9 Å². The highest BCUT2D eigenvalue weighted by Crippen LogP contribution is 2.12. The van der Waals surface area contributed by atoms with E-state index in [-0.39, 0.29) is 5.75 Å². The zero-order valence-corrected chi connectivity index (χ0v) is 9.85. The molecule has 0 amide bonds. The van der Waals surface area contributed by atoms with Crippen molar-refractivity contribution < 1.29 is 5.11 Å². The van der Waals surface area contributed by atoms with Gasteiger partial charge in [0.1, 0.15) is 5.75 Å². The van der Waals surface area contributed by atoms with Crippen molar-refractivity contribution in [3.63, 3.8) is 0 Å². The summed E-state index contributed by atoms with van der Waals surface area (Å²) in [5, 5.41) is 12.4. The average molecular weight is 228 g/mol. The lowest BCUT2D eigenvalue weighted by Gasteiger charge is -2.06. The van der Waals surface area contributed by atoms with E-state index in [0.29, 0.717) is 6.54 Å². The highest BCUT2D eigenvalue weighted by molar-refractivity contribution is 5.44. The largest absolute Gasteiger partial charge is 0.506 e. The Hall–Kier alpha value is -2.03. The van der Waals surface area contributed by atoms with E-state index in [4.69, 9.17) is 5.11 Å². The average Bonchev–Trinajstić information content (AvgIpc) is 2.39. The Morgan fingerprint density at radius 2 is 1.88 bits per heavy atom. The molecule has 2 N–H and O–H groups in total. The van der Waals surface area contributed by atoms with Crippen molar-refractivity contribution in [1.82, 2.24) is 4.98 Å². The van der Waals surface area contributed by atoms with Crippen molar-refractivity contribution in [3.8, 4) is 5.75 Å². The summed E-state index contributed by atoms with van der Waals surface area (Å²) in [6.45, 7) is 2.80. The van der Waals surface area contributed by atoms with Crippen LogP contribution in [-0.4, -0.2) is 10.1 Å². The van der Waals surface area contributed by atoms with Crippen molar-refractivity contribution in [2.75, 3.05) is 5.32 Å². The maximum atomic E-state index is 9.12. The first-order valence-corrected chi connectivity index (χ1v) is 5.74. The number of hydrogen-bond acceptors (Lipinski definition) is 3. The zero-order chi connectivity index (χ0) is 12.1. The maximum absolute atomic E-state index is 9.12. The van der Waals surface area contributed by atoms with E-state index in [9.17, 15) is 0 Å². The number of aromatic hydroxyl groups is 1. The van der Waals surface area contributed by atoms with Crippen molar-refractivity contribution in [2.24, 2.45) is 0 Å². The van der Waals surface area contributed by atoms with Gasteiger partial charge in [-0.05, 0) is 36.2 Å². The van der Waals surface area contributed by atoms with Gasteiger partial charge < -0.3 is 10.4 Å². The van der Waals surface area contributed by atoms with Crippen LogP contribution in [0.1, 0.15) is 18.2 Å². The lowest BCUT2D eigenvalue weighted by Crippen LogP contribution is -2.01. The number of nitrogens with one attached hydrogen (secondary N) is 1. The second-order valence-electron chi connectivity index (χ2n) is 3.91. The van der Waals surface area contributed by atoms with E-state index >= 15 is 0 Å². The van der Waals surface area contributed by atoms with E-state index in [1.165, 1.54) is 11.8 Å². The number of anilines is 1. The van der Waals surface area contributed by atoms with E-state index in [0.717, 1.165) is 17.8 Å². The van der Waals surface area contributed by atoms with Crippen LogP contribution >= 0.6 is 0 Å². The number of hydrogen-bond donors (Lipinski definition) is 2. The third kappa shape index (κ3) is 3.21. The highest BCUT2D eigenvalue weighted by Gasteiger charge is 1.96. The molecule has 88 valence electrons. The van der Waals surface area contributed by atoms with E-state index in [1.807, 2.05) is 6.07 Å². The molecule has 1 heterocycles. The third-order valence-corrected chi connectivity index (χ3v) is 2.64. The van der Waals surface area contributed by atoms with Crippen LogP contribution in [0, 0.1) is 0 Å². The minimum absolute atomic E-state index is 0.195. The van der Waals surface area contributed by atoms with Gasteiger partial charge in [-0.1, -0.05) is 19.1 Å². The van der Waals surface area contributed by atoms with Gasteiger partial charge in [-0.3, -0.25) is 4.98 Å². The standard InChI is InChI=1S/C14H16N2O/c1-2-11-3-5-12(6-4-11)15-9-13-7-8-14(17)10-16-13/h3-8,10,15,17H,2,9H2,1H3. The van der Waals surface area contributed by atoms with Gasteiger partial charge >= 0.3 is 0 Å². The fourth-order valence-corrected chi connectivity index (χ4v) is 1.57. The fourth-order valence-electron chi connectivity index (χ4n) is 1.57. The summed E-state index contributed by atoms with van der Waals surface area (Å²) in [4.78, 5) is 4.11. The van der Waals surface area contributed by atoms with Crippen LogP contribution in [0.15, 0.2) is 42.6 Å². The Labute approximate surface area is 101 Å². The van der Waals surface area contributed by atoms with Crippen LogP contribution in [0.3, 0.4) is 0 Å². The number of rotatable bonds is 4. The van der Waals surface area contributed by atoms with Gasteiger partial charge in [0.2, 0.25) is 0 Å². The Morgan fingerprint density at radius 1 is 1.12 bits per heavy atom. The first-order chi connectivity index (χ1) is 8.28. The van der Waals surface area contributed by atoms with Gasteiger partial charge in [0, 0.05) is 5.69 Å². The summed E-state index contributed by atoms with van der Waals surface area (Å²) in [6, 6.07) is 11.8. The molecule has 2 aromatic rings. The number of benzene rings is 1. The van der Waals surface area contributed by atoms with Crippen LogP contribution in [0.4, 0.5) is 5.69 Å². The summed E-state index contributed by atoms with van der Waals surface area (Å²) >= 11 is 0. The van der Waals surface area contributed by atoms with Crippen LogP contribution in [0.25, 0.3) is 0 Å². The zero-order valence-electron chi connectivity index (χ0n) is 9.85. The number of nitrogens with zero attached hydrogens (tertiary/aromatic N) is 1. The lowest BCUT2D eigenvalue weighted by atomic mass is 10.1. The molecule has 1 aromatic heterocycles. The second kappa shape index (κ2) is 5.34. The SMILES string of the molecule is CCc1ccc(NCc2ccc(O)cn2)cc1. The molecule has 0 bridgehead atoms. The first-order valence-electron chi connectivity index (χ1n) is 5.74. The van der Waals surface area contributed by atoms with Gasteiger partial charge in [0.25, 0.3) is 0 Å². The molecule has 0 saturated carbocycles. The molecule has 3 heteroatoms. The molecule has 1 aromatic carbocycles. The molecule has 2 rings (SSSR count). The topological polar surface area (TPSA) is 45.1 Å². The third-order valence-electron chi connectivity index (χ3n) is 2.64. The monoisotopic (exact) mass is 228 g/mol. The number of aromatic nitrogens is 1. The van der Waals surface area contributed by atoms with Crippen LogP contribution in [-0.2, 0) is 13.0 Å². The molecule has 3 nitrogen and oxygen atoms in total. The molecule has 0 fully saturated rings. The quantitative estimate of drug-likeness (QED) is 0.845. The Balaban J connectivity index is 1.95. The molecule has 0 aliphatic rings. The van der Waals surface area contributed by atoms with Gasteiger partial charge in [-0.2, -0.15) is 0 Å². The predicted molar refractivity (Wildman–Crippen MR) is 69.0 cm³/mol. The van der Waals surface area contributed by atoms with Crippen LogP contribution in [0.2, 0.25) is 0 Å². The first kappa shape index (κ1) is 11.5. The number of pyridine rings is 1. The molecule has 0 saturated heterocycles. The van der Waals surface area contributed by atoms with Gasteiger partial charge in [0.15, 0.2) is 0 Å². The van der Waals surface area contributed by atoms with E-state index in [2.05, 4.69) is 41.5 Å². The molecular formula is C14H16N2O. The van der Waals surface area contributed by atoms with Gasteiger partial charge in [0.05, 0.1) is 18.4 Å². The minimum atomic E-state index is 0.195. The highest BCUT2D eigenvalue weighted by atomic mass is 16.3. The lowest BCUT2D eigenvalue weighted by molar-refractivity contribution is 0.472. The molecule has 0 atom stereocenters. The Kier molecular flexibility index (Phi) is 3.60. The fraction of sp³-hybridized carbons (Fsp3) is 0.214. The molecular weight excluding hydrogens is 212 g/mol. The summed E-state index contributed by atoms with van der Waals surface area (Å²) < 4.78 is 0. The molecule has 0 aliphatic heterocycles. The number of aryl methyl sites for hydroxylation is 1. The Morgan fingerprint density at radius 3 is 2.47 bits per heavy atom. The molecule has 0 radical (unpaired) electrons. The smallest absolute Gasteiger partial charge is 0.133 e. The second-order valence-corrected chi connectivity index (χ2v) is 3.91. The summed E-state index contributed by atoms with van der Waals surface area (Å²) in [7, 11) is 0. The van der Waals surface area contributed by atoms with Crippen LogP contribution in [0.5, 0.6) is 5.75 Å². The Bertz CT molecular complexity index is 463. The van der Waals surface area contributed by atoms with Crippen molar-refractivity contribution >= 4 is 5.69 Å². The van der Waals surface area contributed by atoms with E-state index in [1.54, 1.807) is 6.07 Å². The molecule has 0 spiro atoms. The predicted octanol–water partition coefficient (Wildman–Crippen LogP) is 2.96. The maximum Gasteiger partial charge on any atom is 0.133 e. The molecule has 0 unspecified atom stereocenters.